The van der Waals surface area contributed by atoms with Gasteiger partial charge >= 0.3 is 0 Å². The Balaban J connectivity index is 1.72. The molecule has 0 aromatic heterocycles. The quantitative estimate of drug-likeness (QED) is 0.425. The van der Waals surface area contributed by atoms with Gasteiger partial charge in [0, 0.05) is 18.1 Å². The number of alkyl halides is 1. The van der Waals surface area contributed by atoms with E-state index in [9.17, 15) is 4.79 Å². The predicted molar refractivity (Wildman–Crippen MR) is 96.3 cm³/mol. The van der Waals surface area contributed by atoms with Crippen LogP contribution in [-0.4, -0.2) is 41.5 Å². The van der Waals surface area contributed by atoms with Gasteiger partial charge in [0.05, 0.1) is 23.9 Å². The highest BCUT2D eigenvalue weighted by Crippen LogP contribution is 2.32. The van der Waals surface area contributed by atoms with Gasteiger partial charge in [-0.2, -0.15) is 0 Å². The summed E-state index contributed by atoms with van der Waals surface area (Å²) in [6.45, 7) is 5.29. The van der Waals surface area contributed by atoms with Crippen LogP contribution in [0.15, 0.2) is 35.3 Å². The molecule has 1 saturated heterocycles. The van der Waals surface area contributed by atoms with Crippen LogP contribution in [0.2, 0.25) is 0 Å². The smallest absolute Gasteiger partial charge is 0.257 e. The molecule has 1 aromatic rings. The van der Waals surface area contributed by atoms with Crippen molar-refractivity contribution in [2.24, 2.45) is 4.99 Å². The van der Waals surface area contributed by atoms with E-state index in [-0.39, 0.29) is 11.9 Å². The number of unbranched alkanes of at least 4 members (excludes halogenated alkanes) is 2. The Morgan fingerprint density at radius 3 is 3.04 bits per heavy atom. The fourth-order valence-electron chi connectivity index (χ4n) is 2.96. The zero-order valence-corrected chi connectivity index (χ0v) is 14.7. The summed E-state index contributed by atoms with van der Waals surface area (Å²) in [6, 6.07) is 5.62. The normalized spacial score (nSPS) is 19.5. The van der Waals surface area contributed by atoms with Crippen LogP contribution in [0.1, 0.15) is 36.0 Å². The summed E-state index contributed by atoms with van der Waals surface area (Å²) < 4.78 is 5.78. The fourth-order valence-corrected chi connectivity index (χ4v) is 3.35. The zero-order chi connectivity index (χ0) is 16.2. The highest BCUT2D eigenvalue weighted by molar-refractivity contribution is 9.09. The molecule has 0 spiro atoms. The Bertz CT molecular complexity index is 642. The topological polar surface area (TPSA) is 41.9 Å². The van der Waals surface area contributed by atoms with E-state index in [1.54, 1.807) is 0 Å². The first kappa shape index (κ1) is 16.2. The summed E-state index contributed by atoms with van der Waals surface area (Å²) in [6.07, 6.45) is 5.98. The first-order chi connectivity index (χ1) is 11.2. The molecular formula is C18H21BrN2O2. The fraction of sp³-hybridized carbons (Fsp3) is 0.444. The third-order valence-corrected chi connectivity index (χ3v) is 4.74. The van der Waals surface area contributed by atoms with Crippen molar-refractivity contribution in [2.45, 2.75) is 31.7 Å². The van der Waals surface area contributed by atoms with E-state index in [0.717, 1.165) is 48.0 Å². The number of aliphatic imine (C=N–C) groups is 1. The van der Waals surface area contributed by atoms with Crippen molar-refractivity contribution < 1.29 is 9.53 Å². The highest BCUT2D eigenvalue weighted by Gasteiger charge is 2.33. The summed E-state index contributed by atoms with van der Waals surface area (Å²) in [4.78, 5) is 19.1. The molecule has 5 heteroatoms. The number of benzene rings is 1. The molecule has 1 amide bonds. The maximum absolute atomic E-state index is 12.8. The van der Waals surface area contributed by atoms with Crippen molar-refractivity contribution >= 4 is 33.7 Å². The molecule has 0 bridgehead atoms. The van der Waals surface area contributed by atoms with Gasteiger partial charge in [-0.05, 0) is 43.9 Å². The first-order valence-electron chi connectivity index (χ1n) is 8.03. The van der Waals surface area contributed by atoms with Crippen LogP contribution in [0.5, 0.6) is 5.75 Å². The molecular weight excluding hydrogens is 356 g/mol. The van der Waals surface area contributed by atoms with Crippen molar-refractivity contribution in [1.82, 2.24) is 4.90 Å². The minimum atomic E-state index is 0.0193. The van der Waals surface area contributed by atoms with Crippen LogP contribution in [0.3, 0.4) is 0 Å². The molecule has 0 unspecified atom stereocenters. The molecule has 2 heterocycles. The lowest BCUT2D eigenvalue weighted by Crippen LogP contribution is -2.35. The predicted octanol–water partition coefficient (Wildman–Crippen LogP) is 4.12. The van der Waals surface area contributed by atoms with Gasteiger partial charge in [-0.3, -0.25) is 9.79 Å². The lowest BCUT2D eigenvalue weighted by Gasteiger charge is -2.19. The maximum Gasteiger partial charge on any atom is 0.257 e. The number of carbonyl (C=O) groups is 1. The largest absolute Gasteiger partial charge is 0.494 e. The molecule has 23 heavy (non-hydrogen) atoms. The number of hydrogen-bond acceptors (Lipinski definition) is 3. The van der Waals surface area contributed by atoms with Crippen LogP contribution in [-0.2, 0) is 0 Å². The molecule has 1 atom stereocenters. The van der Waals surface area contributed by atoms with E-state index in [4.69, 9.17) is 4.74 Å². The number of ether oxygens (including phenoxy) is 1. The van der Waals surface area contributed by atoms with Gasteiger partial charge in [-0.25, -0.2) is 0 Å². The van der Waals surface area contributed by atoms with E-state index in [1.165, 1.54) is 0 Å². The van der Waals surface area contributed by atoms with Crippen molar-refractivity contribution in [3.8, 4) is 5.75 Å². The van der Waals surface area contributed by atoms with E-state index in [2.05, 4.69) is 27.5 Å². The van der Waals surface area contributed by atoms with E-state index < -0.39 is 0 Å². The molecule has 1 aromatic carbocycles. The average molecular weight is 377 g/mol. The van der Waals surface area contributed by atoms with Gasteiger partial charge < -0.3 is 9.64 Å². The first-order valence-corrected chi connectivity index (χ1v) is 9.16. The summed E-state index contributed by atoms with van der Waals surface area (Å²) in [7, 11) is 0. The van der Waals surface area contributed by atoms with Gasteiger partial charge in [-0.15, -0.1) is 0 Å². The lowest BCUT2D eigenvalue weighted by atomic mass is 10.1. The van der Waals surface area contributed by atoms with E-state index in [1.807, 2.05) is 29.3 Å². The van der Waals surface area contributed by atoms with Gasteiger partial charge in [0.1, 0.15) is 5.75 Å². The molecule has 122 valence electrons. The highest BCUT2D eigenvalue weighted by atomic mass is 79.9. The van der Waals surface area contributed by atoms with Crippen LogP contribution >= 0.6 is 15.9 Å². The zero-order valence-electron chi connectivity index (χ0n) is 13.1. The van der Waals surface area contributed by atoms with E-state index >= 15 is 0 Å². The van der Waals surface area contributed by atoms with Gasteiger partial charge in [0.15, 0.2) is 0 Å². The maximum atomic E-state index is 12.8. The summed E-state index contributed by atoms with van der Waals surface area (Å²) >= 11 is 3.43. The third kappa shape index (κ3) is 3.66. The number of nitrogens with zero attached hydrogens (tertiary/aromatic N) is 2. The van der Waals surface area contributed by atoms with Crippen LogP contribution in [0.4, 0.5) is 5.69 Å². The minimum absolute atomic E-state index is 0.0193. The van der Waals surface area contributed by atoms with Crippen molar-refractivity contribution in [3.05, 3.63) is 35.9 Å². The molecule has 0 aliphatic carbocycles. The number of carbonyl (C=O) groups excluding carboxylic acids is 1. The summed E-state index contributed by atoms with van der Waals surface area (Å²) in [5.41, 5.74) is 2.43. The number of hydrogen-bond donors (Lipinski definition) is 0. The molecule has 0 N–H and O–H groups in total. The minimum Gasteiger partial charge on any atom is -0.494 e. The molecule has 4 nitrogen and oxygen atoms in total. The van der Waals surface area contributed by atoms with Gasteiger partial charge in [0.25, 0.3) is 5.91 Å². The van der Waals surface area contributed by atoms with Crippen LogP contribution in [0, 0.1) is 0 Å². The Morgan fingerprint density at radius 2 is 2.22 bits per heavy atom. The molecule has 2 aliphatic rings. The second-order valence-corrected chi connectivity index (χ2v) is 6.80. The van der Waals surface area contributed by atoms with Gasteiger partial charge in [0.2, 0.25) is 0 Å². The van der Waals surface area contributed by atoms with E-state index in [0.29, 0.717) is 18.7 Å². The Kier molecular flexibility index (Phi) is 5.16. The standard InChI is InChI=1S/C18H21BrN2O2/c1-13-9-14-11-20-17-6-5-15(23-8-4-2-3-7-19)10-16(17)18(22)21(14)12-13/h5-6,10-11,14H,1-4,7-9,12H2/t14-/m0/s1. The summed E-state index contributed by atoms with van der Waals surface area (Å²) in [5.74, 6) is 0.758. The van der Waals surface area contributed by atoms with Crippen molar-refractivity contribution in [1.29, 1.82) is 0 Å². The lowest BCUT2D eigenvalue weighted by molar-refractivity contribution is 0.0777. The number of fused-ring (bicyclic) bond motifs is 2. The Labute approximate surface area is 145 Å². The SMILES string of the molecule is C=C1C[C@H]2C=Nc3ccc(OCCCCCBr)cc3C(=O)N2C1. The average Bonchev–Trinajstić information content (AvgIpc) is 2.88. The molecule has 0 radical (unpaired) electrons. The second-order valence-electron chi connectivity index (χ2n) is 6.01. The monoisotopic (exact) mass is 376 g/mol. The Hall–Kier alpha value is -1.62. The number of rotatable bonds is 6. The van der Waals surface area contributed by atoms with Crippen LogP contribution < -0.4 is 4.74 Å². The van der Waals surface area contributed by atoms with Crippen molar-refractivity contribution in [2.75, 3.05) is 18.5 Å². The molecule has 3 rings (SSSR count). The second kappa shape index (κ2) is 7.30. The van der Waals surface area contributed by atoms with Crippen LogP contribution in [0.25, 0.3) is 0 Å². The van der Waals surface area contributed by atoms with Gasteiger partial charge in [-0.1, -0.05) is 28.1 Å². The van der Waals surface area contributed by atoms with Crippen molar-refractivity contribution in [3.63, 3.8) is 0 Å². The number of amides is 1. The molecule has 2 aliphatic heterocycles. The number of halogens is 1. The Morgan fingerprint density at radius 1 is 1.35 bits per heavy atom. The third-order valence-electron chi connectivity index (χ3n) is 4.18. The molecule has 0 saturated carbocycles. The summed E-state index contributed by atoms with van der Waals surface area (Å²) in [5, 5.41) is 1.03. The molecule has 1 fully saturated rings.